The Kier molecular flexibility index (Phi) is 4.93. The van der Waals surface area contributed by atoms with Crippen LogP contribution in [0.25, 0.3) is 17.0 Å². The number of hydrogen-bond donors (Lipinski definition) is 1. The molecule has 2 aliphatic heterocycles. The van der Waals surface area contributed by atoms with Crippen molar-refractivity contribution >= 4 is 38.6 Å². The van der Waals surface area contributed by atoms with Crippen LogP contribution in [0, 0.1) is 0 Å². The summed E-state index contributed by atoms with van der Waals surface area (Å²) in [4.78, 5) is 27.0. The van der Waals surface area contributed by atoms with Crippen LogP contribution < -0.4 is 5.32 Å². The fourth-order valence-corrected chi connectivity index (χ4v) is 6.89. The molecule has 0 saturated carbocycles. The van der Waals surface area contributed by atoms with Gasteiger partial charge in [-0.1, -0.05) is 0 Å². The first-order chi connectivity index (χ1) is 14.9. The number of nitrogens with one attached hydrogen (secondary N) is 1. The fraction of sp³-hybridized carbons (Fsp3) is 0.350. The second kappa shape index (κ2) is 7.52. The number of carbonyl (C=O) groups is 2. The van der Waals surface area contributed by atoms with E-state index in [1.165, 1.54) is 6.08 Å². The van der Waals surface area contributed by atoms with Crippen molar-refractivity contribution in [3.8, 4) is 11.3 Å². The molecule has 1 saturated heterocycles. The predicted octanol–water partition coefficient (Wildman–Crippen LogP) is 0.939. The van der Waals surface area contributed by atoms with Crippen LogP contribution >= 0.6 is 11.3 Å². The molecule has 162 valence electrons. The summed E-state index contributed by atoms with van der Waals surface area (Å²) in [5.74, 6) is -0.684. The molecule has 4 heterocycles. The first-order valence-electron chi connectivity index (χ1n) is 9.81. The van der Waals surface area contributed by atoms with Gasteiger partial charge in [-0.3, -0.25) is 9.59 Å². The number of fused-ring (bicyclic) bond motifs is 3. The Hall–Kier alpha value is -2.60. The normalized spacial score (nSPS) is 22.1. The zero-order valence-corrected chi connectivity index (χ0v) is 18.3. The minimum atomic E-state index is -3.57. The number of hydrogen-bond acceptors (Lipinski definition) is 8. The SMILES string of the molecule is CNC1C=C(n2nc(C(=O)N3CCOCC3)c3c2-c2ccsc2S(=O)(=O)C3)C=CC1=O. The lowest BCUT2D eigenvalue weighted by molar-refractivity contribution is -0.115. The molecule has 0 radical (unpaired) electrons. The van der Waals surface area contributed by atoms with Gasteiger partial charge in [0.1, 0.15) is 4.21 Å². The van der Waals surface area contributed by atoms with E-state index >= 15 is 0 Å². The fourth-order valence-electron chi connectivity index (χ4n) is 4.05. The summed E-state index contributed by atoms with van der Waals surface area (Å²) in [6.45, 7) is 1.72. The van der Waals surface area contributed by atoms with Crippen molar-refractivity contribution in [1.29, 1.82) is 0 Å². The zero-order valence-electron chi connectivity index (χ0n) is 16.7. The monoisotopic (exact) mass is 460 g/mol. The van der Waals surface area contributed by atoms with Crippen molar-refractivity contribution in [1.82, 2.24) is 20.0 Å². The highest BCUT2D eigenvalue weighted by Gasteiger charge is 2.38. The summed E-state index contributed by atoms with van der Waals surface area (Å²) in [6, 6.07) is 1.22. The number of morpholine rings is 1. The van der Waals surface area contributed by atoms with Crippen LogP contribution in [0.4, 0.5) is 0 Å². The van der Waals surface area contributed by atoms with Crippen molar-refractivity contribution in [2.24, 2.45) is 0 Å². The minimum Gasteiger partial charge on any atom is -0.378 e. The van der Waals surface area contributed by atoms with Crippen molar-refractivity contribution in [3.63, 3.8) is 0 Å². The maximum atomic E-state index is 13.3. The van der Waals surface area contributed by atoms with Gasteiger partial charge in [-0.05, 0) is 36.7 Å². The molecule has 1 atom stereocenters. The molecule has 0 spiro atoms. The molecule has 2 aromatic rings. The predicted molar refractivity (Wildman–Crippen MR) is 114 cm³/mol. The van der Waals surface area contributed by atoms with Gasteiger partial charge in [0.05, 0.1) is 36.4 Å². The van der Waals surface area contributed by atoms with Crippen molar-refractivity contribution in [2.45, 2.75) is 16.0 Å². The van der Waals surface area contributed by atoms with Gasteiger partial charge in [0, 0.05) is 24.2 Å². The summed E-state index contributed by atoms with van der Waals surface area (Å²) in [6.07, 6.45) is 4.83. The maximum Gasteiger partial charge on any atom is 0.274 e. The molecule has 3 aliphatic rings. The summed E-state index contributed by atoms with van der Waals surface area (Å²) in [5.41, 5.74) is 2.25. The van der Waals surface area contributed by atoms with Gasteiger partial charge in [0.2, 0.25) is 0 Å². The van der Waals surface area contributed by atoms with E-state index in [-0.39, 0.29) is 27.3 Å². The third-order valence-corrected chi connectivity index (χ3v) is 8.81. The molecule has 0 aromatic carbocycles. The second-order valence-electron chi connectivity index (χ2n) is 7.47. The number of rotatable bonds is 3. The van der Waals surface area contributed by atoms with Gasteiger partial charge >= 0.3 is 0 Å². The Bertz CT molecular complexity index is 1250. The average molecular weight is 461 g/mol. The zero-order chi connectivity index (χ0) is 21.8. The first kappa shape index (κ1) is 20.3. The number of thiophene rings is 1. The Morgan fingerprint density at radius 2 is 2.06 bits per heavy atom. The molecular formula is C20H20N4O5S2. The molecule has 1 unspecified atom stereocenters. The van der Waals surface area contributed by atoms with E-state index in [1.54, 1.807) is 40.2 Å². The van der Waals surface area contributed by atoms with Crippen LogP contribution in [0.3, 0.4) is 0 Å². The van der Waals surface area contributed by atoms with E-state index in [2.05, 4.69) is 10.4 Å². The van der Waals surface area contributed by atoms with Gasteiger partial charge < -0.3 is 15.0 Å². The standard InChI is InChI=1S/C20H20N4O5S2/c1-21-15-10-12(2-3-16(15)25)24-18-13-4-9-30-20(13)31(27,28)11-14(18)17(22-24)19(26)23-5-7-29-8-6-23/h2-4,9-10,15,21H,5-8,11H2,1H3. The molecule has 31 heavy (non-hydrogen) atoms. The Balaban J connectivity index is 1.71. The Morgan fingerprint density at radius 1 is 1.29 bits per heavy atom. The Labute approximate surface area is 182 Å². The molecule has 1 N–H and O–H groups in total. The molecule has 0 bridgehead atoms. The number of carbonyl (C=O) groups excluding carboxylic acids is 2. The molecule has 1 amide bonds. The highest BCUT2D eigenvalue weighted by Crippen LogP contribution is 2.43. The van der Waals surface area contributed by atoms with Crippen molar-refractivity contribution in [3.05, 3.63) is 40.9 Å². The van der Waals surface area contributed by atoms with E-state index < -0.39 is 15.9 Å². The third kappa shape index (κ3) is 3.28. The molecule has 9 nitrogen and oxygen atoms in total. The summed E-state index contributed by atoms with van der Waals surface area (Å²) >= 11 is 1.16. The van der Waals surface area contributed by atoms with Gasteiger partial charge in [-0.15, -0.1) is 11.3 Å². The van der Waals surface area contributed by atoms with Crippen LogP contribution in [0.2, 0.25) is 0 Å². The van der Waals surface area contributed by atoms with Crippen molar-refractivity contribution < 1.29 is 22.7 Å². The van der Waals surface area contributed by atoms with Crippen LogP contribution in [0.5, 0.6) is 0 Å². The quantitative estimate of drug-likeness (QED) is 0.726. The van der Waals surface area contributed by atoms with E-state index in [1.807, 2.05) is 0 Å². The molecule has 11 heteroatoms. The smallest absolute Gasteiger partial charge is 0.274 e. The van der Waals surface area contributed by atoms with Gasteiger partial charge in [-0.2, -0.15) is 5.10 Å². The van der Waals surface area contributed by atoms with Gasteiger partial charge in [0.25, 0.3) is 5.91 Å². The van der Waals surface area contributed by atoms with Crippen LogP contribution in [0.1, 0.15) is 16.1 Å². The summed E-state index contributed by atoms with van der Waals surface area (Å²) in [7, 11) is -1.89. The molecule has 5 rings (SSSR count). The van der Waals surface area contributed by atoms with Gasteiger partial charge in [-0.25, -0.2) is 13.1 Å². The van der Waals surface area contributed by atoms with Crippen LogP contribution in [-0.2, 0) is 25.1 Å². The number of amides is 1. The van der Waals surface area contributed by atoms with E-state index in [0.29, 0.717) is 48.8 Å². The highest BCUT2D eigenvalue weighted by atomic mass is 32.2. The molecule has 1 fully saturated rings. The lowest BCUT2D eigenvalue weighted by Gasteiger charge is -2.26. The summed E-state index contributed by atoms with van der Waals surface area (Å²) < 4.78 is 33.0. The molecular weight excluding hydrogens is 440 g/mol. The average Bonchev–Trinajstić information content (AvgIpc) is 3.40. The first-order valence-corrected chi connectivity index (χ1v) is 12.3. The number of sulfone groups is 1. The van der Waals surface area contributed by atoms with E-state index in [4.69, 9.17) is 4.74 Å². The third-order valence-electron chi connectivity index (χ3n) is 5.60. The number of likely N-dealkylation sites (N-methyl/N-ethyl adjacent to an activating group) is 1. The lowest BCUT2D eigenvalue weighted by Crippen LogP contribution is -2.41. The Morgan fingerprint density at radius 3 is 2.81 bits per heavy atom. The molecule has 1 aliphatic carbocycles. The number of ketones is 1. The van der Waals surface area contributed by atoms with Gasteiger partial charge in [0.15, 0.2) is 21.3 Å². The summed E-state index contributed by atoms with van der Waals surface area (Å²) in [5, 5.41) is 9.26. The molecule has 2 aromatic heterocycles. The largest absolute Gasteiger partial charge is 0.378 e. The second-order valence-corrected chi connectivity index (χ2v) is 10.6. The lowest BCUT2D eigenvalue weighted by atomic mass is 10.0. The number of allylic oxidation sites excluding steroid dienone is 2. The minimum absolute atomic E-state index is 0.0873. The highest BCUT2D eigenvalue weighted by molar-refractivity contribution is 7.93. The maximum absolute atomic E-state index is 13.3. The topological polar surface area (TPSA) is 111 Å². The van der Waals surface area contributed by atoms with Crippen LogP contribution in [0.15, 0.2) is 33.9 Å². The number of nitrogens with zero attached hydrogens (tertiary/aromatic N) is 3. The number of ether oxygens (including phenoxy) is 1. The van der Waals surface area contributed by atoms with E-state index in [0.717, 1.165) is 11.3 Å². The number of aromatic nitrogens is 2. The van der Waals surface area contributed by atoms with E-state index in [9.17, 15) is 18.0 Å². The van der Waals surface area contributed by atoms with Crippen LogP contribution in [-0.4, -0.2) is 74.2 Å². The van der Waals surface area contributed by atoms with Crippen molar-refractivity contribution in [2.75, 3.05) is 33.4 Å².